The van der Waals surface area contributed by atoms with Gasteiger partial charge in [0.15, 0.2) is 0 Å². The lowest BCUT2D eigenvalue weighted by atomic mass is 10.2. The number of nitrogens with zero attached hydrogens (tertiary/aromatic N) is 3. The molecule has 1 N–H and O–H groups in total. The van der Waals surface area contributed by atoms with Crippen LogP contribution in [0.2, 0.25) is 5.02 Å². The van der Waals surface area contributed by atoms with Crippen molar-refractivity contribution in [3.8, 4) is 5.82 Å². The molecule has 1 aromatic carbocycles. The number of hydrogen-bond donors (Lipinski definition) is 1. The molecule has 0 atom stereocenters. The molecular weight excluding hydrogens is 291 g/mol. The summed E-state index contributed by atoms with van der Waals surface area (Å²) in [5.41, 5.74) is 1.32. The zero-order chi connectivity index (χ0) is 14.7. The largest absolute Gasteiger partial charge is 0.380 e. The van der Waals surface area contributed by atoms with Crippen LogP contribution in [-0.2, 0) is 6.54 Å². The van der Waals surface area contributed by atoms with Crippen LogP contribution in [0.5, 0.6) is 0 Å². The number of pyridine rings is 1. The van der Waals surface area contributed by atoms with Gasteiger partial charge < -0.3 is 5.32 Å². The van der Waals surface area contributed by atoms with Crippen LogP contribution in [0.3, 0.4) is 0 Å². The van der Waals surface area contributed by atoms with Crippen LogP contribution in [0.15, 0.2) is 55.2 Å². The first kappa shape index (κ1) is 13.6. The Labute approximate surface area is 126 Å². The zero-order valence-electron chi connectivity index (χ0n) is 11.0. The van der Waals surface area contributed by atoms with Crippen molar-refractivity contribution in [3.63, 3.8) is 0 Å². The Morgan fingerprint density at radius 2 is 2.14 bits per heavy atom. The summed E-state index contributed by atoms with van der Waals surface area (Å²) in [6.07, 6.45) is 6.88. The Morgan fingerprint density at radius 1 is 1.24 bits per heavy atom. The number of rotatable bonds is 4. The lowest BCUT2D eigenvalue weighted by Crippen LogP contribution is -2.03. The predicted octanol–water partition coefficient (Wildman–Crippen LogP) is 3.67. The third-order valence-corrected chi connectivity index (χ3v) is 3.32. The van der Waals surface area contributed by atoms with E-state index >= 15 is 0 Å². The van der Waals surface area contributed by atoms with Gasteiger partial charge in [-0.3, -0.25) is 4.57 Å². The molecule has 6 heteroatoms. The maximum absolute atomic E-state index is 13.8. The third kappa shape index (κ3) is 3.03. The fourth-order valence-corrected chi connectivity index (χ4v) is 2.11. The molecule has 0 radical (unpaired) electrons. The Hall–Kier alpha value is -2.40. The summed E-state index contributed by atoms with van der Waals surface area (Å²) in [5, 5.41) is 3.24. The van der Waals surface area contributed by atoms with E-state index < -0.39 is 5.82 Å². The van der Waals surface area contributed by atoms with Crippen LogP contribution in [0.4, 0.5) is 10.1 Å². The van der Waals surface area contributed by atoms with E-state index in [1.165, 1.54) is 6.07 Å². The first-order chi connectivity index (χ1) is 10.2. The van der Waals surface area contributed by atoms with Crippen molar-refractivity contribution in [2.75, 3.05) is 5.32 Å². The van der Waals surface area contributed by atoms with Gasteiger partial charge in [-0.15, -0.1) is 0 Å². The summed E-state index contributed by atoms with van der Waals surface area (Å²) in [6.45, 7) is 0.346. The Balaban J connectivity index is 1.70. The summed E-state index contributed by atoms with van der Waals surface area (Å²) in [7, 11) is 0. The Kier molecular flexibility index (Phi) is 3.83. The molecule has 0 aliphatic heterocycles. The summed E-state index contributed by atoms with van der Waals surface area (Å²) >= 11 is 5.75. The van der Waals surface area contributed by atoms with Gasteiger partial charge in [0.05, 0.1) is 16.9 Å². The molecule has 2 aromatic heterocycles. The molecule has 2 heterocycles. The van der Waals surface area contributed by atoms with Gasteiger partial charge >= 0.3 is 0 Å². The molecule has 0 bridgehead atoms. The highest BCUT2D eigenvalue weighted by Crippen LogP contribution is 2.19. The number of hydrogen-bond acceptors (Lipinski definition) is 3. The van der Waals surface area contributed by atoms with Crippen molar-refractivity contribution >= 4 is 17.3 Å². The SMILES string of the molecule is Fc1c(Cl)cccc1CNc1ccc(-n2ccnc2)nc1. The number of anilines is 1. The second kappa shape index (κ2) is 5.93. The van der Waals surface area contributed by atoms with Gasteiger partial charge in [0, 0.05) is 24.5 Å². The molecule has 3 aromatic rings. The van der Waals surface area contributed by atoms with Crippen molar-refractivity contribution < 1.29 is 4.39 Å². The fourth-order valence-electron chi connectivity index (χ4n) is 1.92. The molecule has 3 rings (SSSR count). The summed E-state index contributed by atoms with van der Waals surface area (Å²) in [6, 6.07) is 8.69. The van der Waals surface area contributed by atoms with Gasteiger partial charge in [-0.1, -0.05) is 23.7 Å². The van der Waals surface area contributed by atoms with Crippen LogP contribution in [0.1, 0.15) is 5.56 Å². The lowest BCUT2D eigenvalue weighted by Gasteiger charge is -2.08. The Morgan fingerprint density at radius 3 is 2.86 bits per heavy atom. The monoisotopic (exact) mass is 302 g/mol. The van der Waals surface area contributed by atoms with Crippen LogP contribution in [0.25, 0.3) is 5.82 Å². The van der Waals surface area contributed by atoms with E-state index in [0.29, 0.717) is 12.1 Å². The first-order valence-electron chi connectivity index (χ1n) is 6.35. The smallest absolute Gasteiger partial charge is 0.146 e. The van der Waals surface area contributed by atoms with Gasteiger partial charge in [0.25, 0.3) is 0 Å². The molecule has 0 amide bonds. The standard InChI is InChI=1S/C15H12ClFN4/c16-13-3-1-2-11(15(13)17)8-19-12-4-5-14(20-9-12)21-7-6-18-10-21/h1-7,9-10,19H,8H2. The second-order valence-corrected chi connectivity index (χ2v) is 4.85. The Bertz CT molecular complexity index is 726. The molecule has 0 saturated carbocycles. The highest BCUT2D eigenvalue weighted by atomic mass is 35.5. The van der Waals surface area contributed by atoms with Gasteiger partial charge in [-0.2, -0.15) is 0 Å². The fraction of sp³-hybridized carbons (Fsp3) is 0.0667. The number of benzene rings is 1. The zero-order valence-corrected chi connectivity index (χ0v) is 11.8. The first-order valence-corrected chi connectivity index (χ1v) is 6.73. The molecule has 21 heavy (non-hydrogen) atoms. The van der Waals surface area contributed by atoms with Gasteiger partial charge in [-0.05, 0) is 18.2 Å². The van der Waals surface area contributed by atoms with Crippen LogP contribution in [-0.4, -0.2) is 14.5 Å². The predicted molar refractivity (Wildman–Crippen MR) is 80.1 cm³/mol. The van der Waals surface area contributed by atoms with Crippen molar-refractivity contribution in [2.45, 2.75) is 6.54 Å². The van der Waals surface area contributed by atoms with Gasteiger partial charge in [0.2, 0.25) is 0 Å². The van der Waals surface area contributed by atoms with Crippen molar-refractivity contribution in [3.05, 3.63) is 71.7 Å². The molecule has 0 fully saturated rings. The molecule has 4 nitrogen and oxygen atoms in total. The summed E-state index contributed by atoms with van der Waals surface area (Å²) < 4.78 is 15.6. The minimum absolute atomic E-state index is 0.128. The van der Waals surface area contributed by atoms with E-state index in [9.17, 15) is 4.39 Å². The highest BCUT2D eigenvalue weighted by molar-refractivity contribution is 6.30. The van der Waals surface area contributed by atoms with Crippen LogP contribution in [0, 0.1) is 5.82 Å². The normalized spacial score (nSPS) is 10.6. The number of nitrogens with one attached hydrogen (secondary N) is 1. The number of aromatic nitrogens is 3. The summed E-state index contributed by atoms with van der Waals surface area (Å²) in [5.74, 6) is 0.377. The quantitative estimate of drug-likeness (QED) is 0.799. The topological polar surface area (TPSA) is 42.7 Å². The van der Waals surface area contributed by atoms with Gasteiger partial charge in [-0.25, -0.2) is 14.4 Å². The van der Waals surface area contributed by atoms with Crippen LogP contribution >= 0.6 is 11.6 Å². The van der Waals surface area contributed by atoms with E-state index in [-0.39, 0.29) is 5.02 Å². The van der Waals surface area contributed by atoms with E-state index in [1.54, 1.807) is 35.4 Å². The second-order valence-electron chi connectivity index (χ2n) is 4.44. The van der Waals surface area contributed by atoms with Crippen LogP contribution < -0.4 is 5.32 Å². The summed E-state index contributed by atoms with van der Waals surface area (Å²) in [4.78, 5) is 8.28. The van der Waals surface area contributed by atoms with E-state index in [1.807, 2.05) is 18.3 Å². The molecule has 0 aliphatic rings. The molecular formula is C15H12ClFN4. The maximum Gasteiger partial charge on any atom is 0.146 e. The number of halogens is 2. The van der Waals surface area contributed by atoms with Crippen molar-refractivity contribution in [1.82, 2.24) is 14.5 Å². The lowest BCUT2D eigenvalue weighted by molar-refractivity contribution is 0.613. The maximum atomic E-state index is 13.8. The van der Waals surface area contributed by atoms with Crippen molar-refractivity contribution in [1.29, 1.82) is 0 Å². The minimum Gasteiger partial charge on any atom is -0.380 e. The van der Waals surface area contributed by atoms with Gasteiger partial charge in [0.1, 0.15) is 18.0 Å². The molecule has 0 aliphatic carbocycles. The molecule has 106 valence electrons. The number of imidazole rings is 1. The minimum atomic E-state index is -0.394. The average Bonchev–Trinajstić information content (AvgIpc) is 3.04. The van der Waals surface area contributed by atoms with E-state index in [2.05, 4.69) is 15.3 Å². The van der Waals surface area contributed by atoms with E-state index in [0.717, 1.165) is 11.5 Å². The third-order valence-electron chi connectivity index (χ3n) is 3.03. The van der Waals surface area contributed by atoms with Crippen molar-refractivity contribution in [2.24, 2.45) is 0 Å². The van der Waals surface area contributed by atoms with E-state index in [4.69, 9.17) is 11.6 Å². The highest BCUT2D eigenvalue weighted by Gasteiger charge is 2.06. The average molecular weight is 303 g/mol. The molecule has 0 spiro atoms. The molecule has 0 saturated heterocycles. The molecule has 0 unspecified atom stereocenters.